The highest BCUT2D eigenvalue weighted by Crippen LogP contribution is 2.50. The van der Waals surface area contributed by atoms with E-state index >= 15 is 0 Å². The van der Waals surface area contributed by atoms with Gasteiger partial charge in [-0.1, -0.05) is 18.2 Å². The summed E-state index contributed by atoms with van der Waals surface area (Å²) in [6.07, 6.45) is -0.400. The number of benzene rings is 2. The highest BCUT2D eigenvalue weighted by atomic mass is 31.2. The Morgan fingerprint density at radius 2 is 1.48 bits per heavy atom. The van der Waals surface area contributed by atoms with Crippen molar-refractivity contribution in [2.75, 3.05) is 0 Å². The largest absolute Gasteiger partial charge is 0.587 e. The molecule has 122 valence electrons. The summed E-state index contributed by atoms with van der Waals surface area (Å²) in [6, 6.07) is 13.6. The van der Waals surface area contributed by atoms with Gasteiger partial charge in [0.2, 0.25) is 0 Å². The Balaban J connectivity index is 2.20. The lowest BCUT2D eigenvalue weighted by Crippen LogP contribution is -2.10. The topological polar surface area (TPSA) is 87.9 Å². The van der Waals surface area contributed by atoms with E-state index in [1.54, 1.807) is 44.2 Å². The van der Waals surface area contributed by atoms with E-state index in [9.17, 15) is 14.7 Å². The van der Waals surface area contributed by atoms with Gasteiger partial charge >= 0.3 is 7.82 Å². The molecule has 2 rings (SSSR count). The molecule has 0 heterocycles. The van der Waals surface area contributed by atoms with Crippen molar-refractivity contribution in [3.63, 3.8) is 0 Å². The second-order valence-electron chi connectivity index (χ2n) is 4.85. The molecule has 2 aromatic rings. The maximum absolute atomic E-state index is 12.8. The van der Waals surface area contributed by atoms with Gasteiger partial charge in [0, 0.05) is 12.1 Å². The molecule has 0 fully saturated rings. The number of nitro groups is 1. The van der Waals surface area contributed by atoms with Crippen LogP contribution in [0.2, 0.25) is 0 Å². The Bertz CT molecular complexity index is 702. The van der Waals surface area contributed by atoms with E-state index in [1.807, 2.05) is 0 Å². The first kappa shape index (κ1) is 17.0. The lowest BCUT2D eigenvalue weighted by atomic mass is 10.3. The minimum absolute atomic E-state index is 0.0964. The van der Waals surface area contributed by atoms with Gasteiger partial charge in [0.1, 0.15) is 11.5 Å². The van der Waals surface area contributed by atoms with E-state index in [0.717, 1.165) is 0 Å². The summed E-state index contributed by atoms with van der Waals surface area (Å²) < 4.78 is 28.8. The van der Waals surface area contributed by atoms with Crippen LogP contribution in [-0.4, -0.2) is 11.0 Å². The summed E-state index contributed by atoms with van der Waals surface area (Å²) in [4.78, 5) is 10.1. The third-order valence-corrected chi connectivity index (χ3v) is 4.11. The minimum atomic E-state index is -3.93. The molecule has 7 nitrogen and oxygen atoms in total. The van der Waals surface area contributed by atoms with E-state index in [1.165, 1.54) is 24.3 Å². The smallest absolute Gasteiger partial charge is 0.395 e. The summed E-state index contributed by atoms with van der Waals surface area (Å²) >= 11 is 0. The van der Waals surface area contributed by atoms with Crippen LogP contribution in [0.25, 0.3) is 0 Å². The molecule has 0 unspecified atom stereocenters. The Kier molecular flexibility index (Phi) is 5.36. The highest BCUT2D eigenvalue weighted by molar-refractivity contribution is 7.49. The average molecular weight is 337 g/mol. The molecule has 0 bridgehead atoms. The van der Waals surface area contributed by atoms with Crippen molar-refractivity contribution >= 4 is 13.5 Å². The van der Waals surface area contributed by atoms with Crippen LogP contribution in [0.5, 0.6) is 11.5 Å². The zero-order valence-corrected chi connectivity index (χ0v) is 13.5. The number of hydrogen-bond acceptors (Lipinski definition) is 6. The molecule has 8 heteroatoms. The first-order valence-electron chi connectivity index (χ1n) is 6.85. The predicted molar refractivity (Wildman–Crippen MR) is 84.6 cm³/mol. The van der Waals surface area contributed by atoms with E-state index < -0.39 is 18.8 Å². The number of rotatable bonds is 7. The van der Waals surface area contributed by atoms with Crippen LogP contribution in [0.15, 0.2) is 54.6 Å². The molecule has 0 amide bonds. The number of non-ortho nitro benzene ring substituents is 1. The van der Waals surface area contributed by atoms with E-state index in [0.29, 0.717) is 5.75 Å². The quantitative estimate of drug-likeness (QED) is 0.417. The van der Waals surface area contributed by atoms with Crippen LogP contribution < -0.4 is 9.05 Å². The highest BCUT2D eigenvalue weighted by Gasteiger charge is 2.32. The van der Waals surface area contributed by atoms with E-state index in [2.05, 4.69) is 0 Å². The minimum Gasteiger partial charge on any atom is -0.395 e. The third-order valence-electron chi connectivity index (χ3n) is 2.57. The van der Waals surface area contributed by atoms with Crippen LogP contribution in [0.3, 0.4) is 0 Å². The first-order valence-corrected chi connectivity index (χ1v) is 8.31. The van der Waals surface area contributed by atoms with Gasteiger partial charge in [-0.05, 0) is 38.1 Å². The summed E-state index contributed by atoms with van der Waals surface area (Å²) in [6.45, 7) is 3.39. The van der Waals surface area contributed by atoms with Crippen molar-refractivity contribution in [1.29, 1.82) is 0 Å². The molecule has 0 saturated heterocycles. The Hall–Kier alpha value is -2.37. The Morgan fingerprint density at radius 3 is 1.96 bits per heavy atom. The van der Waals surface area contributed by atoms with Crippen LogP contribution in [0.1, 0.15) is 13.8 Å². The average Bonchev–Trinajstić information content (AvgIpc) is 2.47. The molecule has 0 aromatic heterocycles. The zero-order chi connectivity index (χ0) is 16.9. The normalized spacial score (nSPS) is 13.3. The molecule has 0 N–H and O–H groups in total. The predicted octanol–water partition coefficient (Wildman–Crippen LogP) is 4.59. The van der Waals surface area contributed by atoms with Crippen LogP contribution in [0.4, 0.5) is 5.69 Å². The van der Waals surface area contributed by atoms with Gasteiger partial charge in [-0.25, -0.2) is 4.57 Å². The van der Waals surface area contributed by atoms with Crippen molar-refractivity contribution in [1.82, 2.24) is 0 Å². The molecule has 23 heavy (non-hydrogen) atoms. The third kappa shape index (κ3) is 5.09. The van der Waals surface area contributed by atoms with Crippen molar-refractivity contribution in [2.45, 2.75) is 20.0 Å². The van der Waals surface area contributed by atoms with Gasteiger partial charge in [-0.3, -0.25) is 14.6 Å². The fourth-order valence-corrected chi connectivity index (χ4v) is 3.09. The number of hydrogen-bond donors (Lipinski definition) is 0. The number of phosphoric acid groups is 1. The standard InChI is InChI=1S/C15H16NO6P/c1-12(2)20-23(19,21-14-6-4-3-5-7-14)22-15-10-8-13(9-11-15)16(17)18/h3-12H,1-2H3/t23-/m0/s1. The molecule has 0 aliphatic rings. The SMILES string of the molecule is CC(C)O[P@@](=O)(Oc1ccccc1)Oc1ccc([N+](=O)[O-])cc1. The fraction of sp³-hybridized carbons (Fsp3) is 0.200. The lowest BCUT2D eigenvalue weighted by molar-refractivity contribution is -0.384. The van der Waals surface area contributed by atoms with Gasteiger partial charge in [-0.2, -0.15) is 0 Å². The van der Waals surface area contributed by atoms with Gasteiger partial charge in [0.05, 0.1) is 11.0 Å². The van der Waals surface area contributed by atoms with Crippen LogP contribution >= 0.6 is 7.82 Å². The summed E-state index contributed by atoms with van der Waals surface area (Å²) in [5.41, 5.74) is -0.0964. The van der Waals surface area contributed by atoms with Crippen molar-refractivity contribution in [2.24, 2.45) is 0 Å². The van der Waals surface area contributed by atoms with E-state index in [-0.39, 0.29) is 11.4 Å². The molecule has 0 aliphatic carbocycles. The number of nitro benzene ring substituents is 1. The zero-order valence-electron chi connectivity index (χ0n) is 12.6. The Labute approximate surface area is 133 Å². The fourth-order valence-electron chi connectivity index (χ4n) is 1.69. The number of para-hydroxylation sites is 1. The van der Waals surface area contributed by atoms with Crippen molar-refractivity contribution < 1.29 is 23.1 Å². The second kappa shape index (κ2) is 7.26. The number of nitrogens with zero attached hydrogens (tertiary/aromatic N) is 1. The molecule has 0 saturated carbocycles. The summed E-state index contributed by atoms with van der Waals surface area (Å²) in [5.74, 6) is 0.480. The molecule has 2 aromatic carbocycles. The maximum atomic E-state index is 12.8. The first-order chi connectivity index (χ1) is 10.9. The summed E-state index contributed by atoms with van der Waals surface area (Å²) in [7, 11) is -3.93. The molecule has 0 aliphatic heterocycles. The molecule has 0 radical (unpaired) electrons. The Morgan fingerprint density at radius 1 is 0.957 bits per heavy atom. The molecule has 1 atom stereocenters. The van der Waals surface area contributed by atoms with Gasteiger partial charge < -0.3 is 9.05 Å². The number of phosphoric ester groups is 1. The monoisotopic (exact) mass is 337 g/mol. The molecular formula is C15H16NO6P. The second-order valence-corrected chi connectivity index (χ2v) is 6.32. The van der Waals surface area contributed by atoms with Crippen LogP contribution in [-0.2, 0) is 9.09 Å². The lowest BCUT2D eigenvalue weighted by Gasteiger charge is -2.20. The molecular weight excluding hydrogens is 321 g/mol. The van der Waals surface area contributed by atoms with Crippen molar-refractivity contribution in [3.8, 4) is 11.5 Å². The van der Waals surface area contributed by atoms with Crippen molar-refractivity contribution in [3.05, 3.63) is 64.7 Å². The van der Waals surface area contributed by atoms with Gasteiger partial charge in [0.25, 0.3) is 5.69 Å². The maximum Gasteiger partial charge on any atom is 0.587 e. The van der Waals surface area contributed by atoms with Crippen LogP contribution in [0, 0.1) is 10.1 Å². The van der Waals surface area contributed by atoms with Gasteiger partial charge in [0.15, 0.2) is 0 Å². The molecule has 0 spiro atoms. The van der Waals surface area contributed by atoms with E-state index in [4.69, 9.17) is 13.6 Å². The summed E-state index contributed by atoms with van der Waals surface area (Å²) in [5, 5.41) is 10.6. The van der Waals surface area contributed by atoms with Gasteiger partial charge in [-0.15, -0.1) is 0 Å².